The van der Waals surface area contributed by atoms with E-state index in [1.54, 1.807) is 32.0 Å². The summed E-state index contributed by atoms with van der Waals surface area (Å²) in [4.78, 5) is 27.2. The highest BCUT2D eigenvalue weighted by Crippen LogP contribution is 2.32. The fourth-order valence-corrected chi connectivity index (χ4v) is 2.75. The zero-order valence-corrected chi connectivity index (χ0v) is 13.6. The number of nitriles is 2. The standard InChI is InChI=1S/C14H11IN4O2/c1-14(2)12(20)19(13(21)18(14)6-5-16)10-4-3-9(8-17)11(15)7-10/h3-4,7H,6H2,1-2H3. The summed E-state index contributed by atoms with van der Waals surface area (Å²) in [7, 11) is 0. The fourth-order valence-electron chi connectivity index (χ4n) is 2.13. The Morgan fingerprint density at radius 3 is 2.48 bits per heavy atom. The van der Waals surface area contributed by atoms with Gasteiger partial charge in [-0.2, -0.15) is 10.5 Å². The number of hydrogen-bond donors (Lipinski definition) is 0. The van der Waals surface area contributed by atoms with Gasteiger partial charge in [0.05, 0.1) is 17.3 Å². The summed E-state index contributed by atoms with van der Waals surface area (Å²) in [5, 5.41) is 17.7. The molecule has 1 aliphatic heterocycles. The number of halogens is 1. The second-order valence-electron chi connectivity index (χ2n) is 5.00. The maximum absolute atomic E-state index is 12.5. The largest absolute Gasteiger partial charge is 0.333 e. The van der Waals surface area contributed by atoms with E-state index in [-0.39, 0.29) is 12.5 Å². The van der Waals surface area contributed by atoms with Gasteiger partial charge in [-0.3, -0.25) is 9.69 Å². The summed E-state index contributed by atoms with van der Waals surface area (Å²) in [6.07, 6.45) is 0. The molecule has 0 radical (unpaired) electrons. The number of anilines is 1. The van der Waals surface area contributed by atoms with Crippen molar-refractivity contribution in [3.05, 3.63) is 27.3 Å². The highest BCUT2D eigenvalue weighted by Gasteiger charge is 2.51. The summed E-state index contributed by atoms with van der Waals surface area (Å²) >= 11 is 1.98. The maximum atomic E-state index is 12.5. The Labute approximate surface area is 135 Å². The molecule has 1 saturated heterocycles. The molecular formula is C14H11IN4O2. The molecule has 1 aromatic carbocycles. The number of carbonyl (C=O) groups is 2. The number of nitrogens with zero attached hydrogens (tertiary/aromatic N) is 4. The van der Waals surface area contributed by atoms with Crippen LogP contribution in [0.25, 0.3) is 0 Å². The average Bonchev–Trinajstić information content (AvgIpc) is 2.60. The second kappa shape index (κ2) is 5.34. The summed E-state index contributed by atoms with van der Waals surface area (Å²) in [5.41, 5.74) is -0.180. The molecule has 106 valence electrons. The molecule has 0 aromatic heterocycles. The van der Waals surface area contributed by atoms with Crippen LogP contribution in [0.2, 0.25) is 0 Å². The smallest absolute Gasteiger partial charge is 0.296 e. The van der Waals surface area contributed by atoms with Crippen LogP contribution in [0, 0.1) is 26.2 Å². The van der Waals surface area contributed by atoms with Crippen molar-refractivity contribution < 1.29 is 9.59 Å². The van der Waals surface area contributed by atoms with Gasteiger partial charge in [0.2, 0.25) is 0 Å². The summed E-state index contributed by atoms with van der Waals surface area (Å²) in [5.74, 6) is -0.386. The van der Waals surface area contributed by atoms with Crippen molar-refractivity contribution in [2.24, 2.45) is 0 Å². The molecule has 0 N–H and O–H groups in total. The van der Waals surface area contributed by atoms with E-state index in [1.807, 2.05) is 34.7 Å². The first kappa shape index (κ1) is 15.3. The van der Waals surface area contributed by atoms with Gasteiger partial charge in [-0.1, -0.05) is 0 Å². The molecule has 1 heterocycles. The van der Waals surface area contributed by atoms with Gasteiger partial charge in [0.25, 0.3) is 5.91 Å². The zero-order chi connectivity index (χ0) is 15.8. The van der Waals surface area contributed by atoms with Gasteiger partial charge >= 0.3 is 6.03 Å². The molecule has 1 aliphatic rings. The third-order valence-electron chi connectivity index (χ3n) is 3.38. The van der Waals surface area contributed by atoms with Crippen molar-refractivity contribution in [1.29, 1.82) is 10.5 Å². The highest BCUT2D eigenvalue weighted by atomic mass is 127. The lowest BCUT2D eigenvalue weighted by Crippen LogP contribution is -2.44. The molecule has 1 aromatic rings. The molecule has 0 bridgehead atoms. The zero-order valence-electron chi connectivity index (χ0n) is 11.4. The third kappa shape index (κ3) is 2.34. The SMILES string of the molecule is CC1(C)C(=O)N(c2ccc(C#N)c(I)c2)C(=O)N1CC#N. The van der Waals surface area contributed by atoms with E-state index in [0.29, 0.717) is 14.8 Å². The molecule has 0 atom stereocenters. The molecule has 0 saturated carbocycles. The van der Waals surface area contributed by atoms with Crippen LogP contribution < -0.4 is 4.90 Å². The molecule has 1 fully saturated rings. The number of hydrogen-bond acceptors (Lipinski definition) is 4. The average molecular weight is 394 g/mol. The number of imide groups is 1. The van der Waals surface area contributed by atoms with Gasteiger partial charge in [0.15, 0.2) is 0 Å². The lowest BCUT2D eigenvalue weighted by Gasteiger charge is -2.24. The van der Waals surface area contributed by atoms with Crippen LogP contribution in [0.1, 0.15) is 19.4 Å². The van der Waals surface area contributed by atoms with Crippen molar-refractivity contribution in [2.45, 2.75) is 19.4 Å². The minimum absolute atomic E-state index is 0.151. The molecule has 0 spiro atoms. The third-order valence-corrected chi connectivity index (χ3v) is 4.28. The predicted molar refractivity (Wildman–Crippen MR) is 83.2 cm³/mol. The fraction of sp³-hybridized carbons (Fsp3) is 0.286. The van der Waals surface area contributed by atoms with Crippen LogP contribution in [0.4, 0.5) is 10.5 Å². The molecule has 21 heavy (non-hydrogen) atoms. The van der Waals surface area contributed by atoms with Crippen LogP contribution in [-0.4, -0.2) is 28.9 Å². The molecule has 7 heteroatoms. The van der Waals surface area contributed by atoms with Gasteiger partial charge in [-0.25, -0.2) is 9.69 Å². The molecule has 0 unspecified atom stereocenters. The van der Waals surface area contributed by atoms with Gasteiger partial charge in [0, 0.05) is 3.57 Å². The summed E-state index contributed by atoms with van der Waals surface area (Å²) in [6, 6.07) is 8.15. The Hall–Kier alpha value is -2.13. The van der Waals surface area contributed by atoms with Crippen LogP contribution in [0.3, 0.4) is 0 Å². The lowest BCUT2D eigenvalue weighted by molar-refractivity contribution is -0.123. The Balaban J connectivity index is 2.48. The van der Waals surface area contributed by atoms with Gasteiger partial charge < -0.3 is 0 Å². The Bertz CT molecular complexity index is 715. The number of urea groups is 1. The van der Waals surface area contributed by atoms with Crippen molar-refractivity contribution in [3.8, 4) is 12.1 Å². The van der Waals surface area contributed by atoms with Crippen LogP contribution in [-0.2, 0) is 4.79 Å². The number of amides is 3. The molecule has 0 aliphatic carbocycles. The first-order valence-electron chi connectivity index (χ1n) is 6.07. The molecule has 3 amide bonds. The number of benzene rings is 1. The van der Waals surface area contributed by atoms with E-state index in [0.717, 1.165) is 4.90 Å². The monoisotopic (exact) mass is 394 g/mol. The Morgan fingerprint density at radius 2 is 1.95 bits per heavy atom. The quantitative estimate of drug-likeness (QED) is 0.437. The normalized spacial score (nSPS) is 16.8. The maximum Gasteiger partial charge on any atom is 0.333 e. The topological polar surface area (TPSA) is 88.2 Å². The van der Waals surface area contributed by atoms with Crippen molar-refractivity contribution >= 4 is 40.2 Å². The van der Waals surface area contributed by atoms with Gasteiger partial charge in [-0.05, 0) is 54.6 Å². The van der Waals surface area contributed by atoms with E-state index in [9.17, 15) is 9.59 Å². The summed E-state index contributed by atoms with van der Waals surface area (Å²) in [6.45, 7) is 3.07. The second-order valence-corrected chi connectivity index (χ2v) is 6.16. The van der Waals surface area contributed by atoms with E-state index in [4.69, 9.17) is 10.5 Å². The van der Waals surface area contributed by atoms with Crippen LogP contribution >= 0.6 is 22.6 Å². The molecule has 6 nitrogen and oxygen atoms in total. The van der Waals surface area contributed by atoms with Crippen LogP contribution in [0.5, 0.6) is 0 Å². The van der Waals surface area contributed by atoms with Crippen molar-refractivity contribution in [3.63, 3.8) is 0 Å². The number of rotatable bonds is 2. The van der Waals surface area contributed by atoms with Gasteiger partial charge in [0.1, 0.15) is 18.2 Å². The number of carbonyl (C=O) groups excluding carboxylic acids is 2. The molecular weight excluding hydrogens is 383 g/mol. The first-order chi connectivity index (χ1) is 9.84. The molecule has 2 rings (SSSR count). The minimum Gasteiger partial charge on any atom is -0.296 e. The van der Waals surface area contributed by atoms with Crippen LogP contribution in [0.15, 0.2) is 18.2 Å². The lowest BCUT2D eigenvalue weighted by atomic mass is 10.0. The highest BCUT2D eigenvalue weighted by molar-refractivity contribution is 14.1. The van der Waals surface area contributed by atoms with Crippen molar-refractivity contribution in [2.75, 3.05) is 11.4 Å². The van der Waals surface area contributed by atoms with E-state index >= 15 is 0 Å². The summed E-state index contributed by atoms with van der Waals surface area (Å²) < 4.78 is 0.657. The Kier molecular flexibility index (Phi) is 3.88. The first-order valence-corrected chi connectivity index (χ1v) is 7.15. The van der Waals surface area contributed by atoms with Gasteiger partial charge in [-0.15, -0.1) is 0 Å². The Morgan fingerprint density at radius 1 is 1.29 bits per heavy atom. The minimum atomic E-state index is -1.06. The predicted octanol–water partition coefficient (Wildman–Crippen LogP) is 2.23. The van der Waals surface area contributed by atoms with Crippen molar-refractivity contribution in [1.82, 2.24) is 4.90 Å². The van der Waals surface area contributed by atoms with E-state index < -0.39 is 11.6 Å². The van der Waals surface area contributed by atoms with E-state index in [1.165, 1.54) is 4.90 Å². The van der Waals surface area contributed by atoms with E-state index in [2.05, 4.69) is 0 Å².